The lowest BCUT2D eigenvalue weighted by Gasteiger charge is -2.09. The molecule has 5 nitrogen and oxygen atoms in total. The molecule has 0 amide bonds. The van der Waals surface area contributed by atoms with Crippen molar-refractivity contribution in [2.75, 3.05) is 32.9 Å². The zero-order chi connectivity index (χ0) is 15.3. The van der Waals surface area contributed by atoms with E-state index < -0.39 is 5.97 Å². The number of ether oxygens (including phenoxy) is 2. The largest absolute Gasteiger partial charge is 0.491 e. The molecule has 0 spiro atoms. The van der Waals surface area contributed by atoms with E-state index >= 15 is 0 Å². The molecule has 1 aromatic rings. The molecule has 0 aliphatic heterocycles. The van der Waals surface area contributed by atoms with Gasteiger partial charge >= 0.3 is 5.97 Å². The average Bonchev–Trinajstić information content (AvgIpc) is 2.49. The molecule has 0 fully saturated rings. The zero-order valence-corrected chi connectivity index (χ0v) is 12.6. The molecule has 21 heavy (non-hydrogen) atoms. The minimum absolute atomic E-state index is 0.196. The second-order valence-electron chi connectivity index (χ2n) is 4.72. The van der Waals surface area contributed by atoms with Gasteiger partial charge in [0.2, 0.25) is 0 Å². The predicted octanol–water partition coefficient (Wildman–Crippen LogP) is 2.56. The van der Waals surface area contributed by atoms with E-state index in [1.165, 1.54) is 0 Å². The average molecular weight is 295 g/mol. The number of nitrogens with one attached hydrogen (secondary N) is 1. The number of hydrogen-bond donors (Lipinski definition) is 2. The van der Waals surface area contributed by atoms with Crippen molar-refractivity contribution in [1.29, 1.82) is 0 Å². The van der Waals surface area contributed by atoms with Crippen LogP contribution in [-0.4, -0.2) is 44.0 Å². The molecule has 0 radical (unpaired) electrons. The monoisotopic (exact) mass is 295 g/mol. The lowest BCUT2D eigenvalue weighted by molar-refractivity contribution is 0.0692. The summed E-state index contributed by atoms with van der Waals surface area (Å²) in [5.41, 5.74) is 0.196. The molecule has 0 aliphatic rings. The Bertz CT molecular complexity index is 409. The third kappa shape index (κ3) is 7.68. The number of benzene rings is 1. The summed E-state index contributed by atoms with van der Waals surface area (Å²) in [4.78, 5) is 11.0. The van der Waals surface area contributed by atoms with Gasteiger partial charge in [0.1, 0.15) is 17.9 Å². The molecule has 0 saturated heterocycles. The number of aromatic carboxylic acids is 1. The highest BCUT2D eigenvalue weighted by atomic mass is 16.5. The van der Waals surface area contributed by atoms with Gasteiger partial charge in [-0.25, -0.2) is 4.79 Å². The Morgan fingerprint density at radius 1 is 1.14 bits per heavy atom. The van der Waals surface area contributed by atoms with Gasteiger partial charge in [-0.3, -0.25) is 0 Å². The smallest absolute Gasteiger partial charge is 0.339 e. The van der Waals surface area contributed by atoms with Gasteiger partial charge in [0.25, 0.3) is 0 Å². The molecule has 0 unspecified atom stereocenters. The van der Waals surface area contributed by atoms with Crippen LogP contribution >= 0.6 is 0 Å². The molecule has 0 atom stereocenters. The first kappa shape index (κ1) is 17.5. The second kappa shape index (κ2) is 11.1. The van der Waals surface area contributed by atoms with Crippen molar-refractivity contribution in [2.24, 2.45) is 0 Å². The second-order valence-corrected chi connectivity index (χ2v) is 4.72. The summed E-state index contributed by atoms with van der Waals surface area (Å²) in [6.45, 7) is 5.76. The van der Waals surface area contributed by atoms with Crippen molar-refractivity contribution in [3.8, 4) is 5.75 Å². The molecule has 2 N–H and O–H groups in total. The van der Waals surface area contributed by atoms with E-state index in [2.05, 4.69) is 12.2 Å². The summed E-state index contributed by atoms with van der Waals surface area (Å²) < 4.78 is 10.9. The summed E-state index contributed by atoms with van der Waals surface area (Å²) in [6, 6.07) is 6.67. The fourth-order valence-electron chi connectivity index (χ4n) is 1.78. The molecule has 0 saturated carbocycles. The Kier molecular flexibility index (Phi) is 9.24. The third-order valence-corrected chi connectivity index (χ3v) is 2.94. The van der Waals surface area contributed by atoms with Crippen LogP contribution in [-0.2, 0) is 4.74 Å². The molecule has 0 heterocycles. The Morgan fingerprint density at radius 3 is 2.67 bits per heavy atom. The molecule has 5 heteroatoms. The maximum absolute atomic E-state index is 11.0. The lowest BCUT2D eigenvalue weighted by atomic mass is 10.2. The Balaban J connectivity index is 2.06. The maximum atomic E-state index is 11.0. The van der Waals surface area contributed by atoms with Crippen molar-refractivity contribution < 1.29 is 19.4 Å². The van der Waals surface area contributed by atoms with E-state index in [4.69, 9.17) is 14.6 Å². The topological polar surface area (TPSA) is 67.8 Å². The normalized spacial score (nSPS) is 10.5. The number of carbonyl (C=O) groups is 1. The van der Waals surface area contributed by atoms with Crippen LogP contribution in [0.5, 0.6) is 5.75 Å². The van der Waals surface area contributed by atoms with Gasteiger partial charge in [-0.05, 0) is 31.5 Å². The van der Waals surface area contributed by atoms with Crippen LogP contribution in [0.2, 0.25) is 0 Å². The van der Waals surface area contributed by atoms with Crippen LogP contribution < -0.4 is 10.1 Å². The zero-order valence-electron chi connectivity index (χ0n) is 12.6. The maximum Gasteiger partial charge on any atom is 0.339 e. The summed E-state index contributed by atoms with van der Waals surface area (Å²) in [5.74, 6) is -0.558. The van der Waals surface area contributed by atoms with E-state index in [1.807, 2.05) is 0 Å². The van der Waals surface area contributed by atoms with E-state index in [-0.39, 0.29) is 5.56 Å². The molecular weight excluding hydrogens is 270 g/mol. The van der Waals surface area contributed by atoms with Crippen molar-refractivity contribution in [2.45, 2.75) is 26.2 Å². The van der Waals surface area contributed by atoms with Gasteiger partial charge in [-0.1, -0.05) is 25.5 Å². The summed E-state index contributed by atoms with van der Waals surface area (Å²) >= 11 is 0. The van der Waals surface area contributed by atoms with Crippen molar-refractivity contribution in [3.05, 3.63) is 29.8 Å². The summed E-state index contributed by atoms with van der Waals surface area (Å²) in [5, 5.41) is 12.3. The Morgan fingerprint density at radius 2 is 1.90 bits per heavy atom. The molecule has 1 aromatic carbocycles. The quantitative estimate of drug-likeness (QED) is 0.580. The van der Waals surface area contributed by atoms with Crippen LogP contribution in [0.1, 0.15) is 36.5 Å². The lowest BCUT2D eigenvalue weighted by Crippen LogP contribution is -2.23. The first-order chi connectivity index (χ1) is 10.3. The molecule has 0 aliphatic carbocycles. The first-order valence-electron chi connectivity index (χ1n) is 7.49. The van der Waals surface area contributed by atoms with Crippen molar-refractivity contribution >= 4 is 5.97 Å². The van der Waals surface area contributed by atoms with Crippen LogP contribution in [0.4, 0.5) is 0 Å². The Hall–Kier alpha value is -1.59. The van der Waals surface area contributed by atoms with E-state index in [1.54, 1.807) is 24.3 Å². The van der Waals surface area contributed by atoms with Crippen LogP contribution in [0, 0.1) is 0 Å². The fourth-order valence-corrected chi connectivity index (χ4v) is 1.78. The van der Waals surface area contributed by atoms with Gasteiger partial charge in [0.05, 0.1) is 0 Å². The van der Waals surface area contributed by atoms with Crippen LogP contribution in [0.3, 0.4) is 0 Å². The minimum atomic E-state index is -0.970. The first-order valence-corrected chi connectivity index (χ1v) is 7.49. The number of para-hydroxylation sites is 1. The number of rotatable bonds is 12. The number of carboxylic acid groups (broad SMARTS) is 1. The predicted molar refractivity (Wildman–Crippen MR) is 82.1 cm³/mol. The Labute approximate surface area is 126 Å². The van der Waals surface area contributed by atoms with E-state index in [9.17, 15) is 4.79 Å². The minimum Gasteiger partial charge on any atom is -0.491 e. The number of carboxylic acids is 1. The summed E-state index contributed by atoms with van der Waals surface area (Å²) in [6.07, 6.45) is 3.24. The van der Waals surface area contributed by atoms with E-state index in [0.717, 1.165) is 39.0 Å². The number of hydrogen-bond acceptors (Lipinski definition) is 4. The van der Waals surface area contributed by atoms with Crippen LogP contribution in [0.15, 0.2) is 24.3 Å². The van der Waals surface area contributed by atoms with Gasteiger partial charge in [-0.2, -0.15) is 0 Å². The van der Waals surface area contributed by atoms with Gasteiger partial charge < -0.3 is 19.9 Å². The molecule has 0 aromatic heterocycles. The molecular formula is C16H25NO4. The standard InChI is InChI=1S/C16H25NO4/c1-2-3-11-20-12-6-9-17-10-13-21-15-8-5-4-7-14(15)16(18)19/h4-5,7-8,17H,2-3,6,9-13H2,1H3,(H,18,19). The third-order valence-electron chi connectivity index (χ3n) is 2.94. The van der Waals surface area contributed by atoms with Gasteiger partial charge in [0.15, 0.2) is 0 Å². The number of unbranched alkanes of at least 4 members (excludes halogenated alkanes) is 1. The molecule has 0 bridgehead atoms. The highest BCUT2D eigenvalue weighted by Crippen LogP contribution is 2.17. The SMILES string of the molecule is CCCCOCCCNCCOc1ccccc1C(=O)O. The van der Waals surface area contributed by atoms with Gasteiger partial charge in [-0.15, -0.1) is 0 Å². The van der Waals surface area contributed by atoms with Crippen molar-refractivity contribution in [3.63, 3.8) is 0 Å². The van der Waals surface area contributed by atoms with Gasteiger partial charge in [0, 0.05) is 19.8 Å². The molecule has 1 rings (SSSR count). The van der Waals surface area contributed by atoms with Crippen molar-refractivity contribution in [1.82, 2.24) is 5.32 Å². The summed E-state index contributed by atoms with van der Waals surface area (Å²) in [7, 11) is 0. The highest BCUT2D eigenvalue weighted by molar-refractivity contribution is 5.90. The highest BCUT2D eigenvalue weighted by Gasteiger charge is 2.09. The van der Waals surface area contributed by atoms with E-state index in [0.29, 0.717) is 18.9 Å². The molecule has 118 valence electrons. The van der Waals surface area contributed by atoms with Crippen LogP contribution in [0.25, 0.3) is 0 Å². The fraction of sp³-hybridized carbons (Fsp3) is 0.562.